The highest BCUT2D eigenvalue weighted by Gasteiger charge is 2.29. The lowest BCUT2D eigenvalue weighted by Gasteiger charge is -2.32. The Morgan fingerprint density at radius 1 is 1.26 bits per heavy atom. The van der Waals surface area contributed by atoms with Gasteiger partial charge in [0, 0.05) is 19.1 Å². The molecular formula is C15H22N2O2. The van der Waals surface area contributed by atoms with Crippen molar-refractivity contribution in [2.45, 2.75) is 31.7 Å². The summed E-state index contributed by atoms with van der Waals surface area (Å²) in [6, 6.07) is 4.18. The molecule has 2 aliphatic heterocycles. The van der Waals surface area contributed by atoms with Gasteiger partial charge in [-0.3, -0.25) is 14.6 Å². The number of rotatable bonds is 4. The van der Waals surface area contributed by atoms with Crippen molar-refractivity contribution in [3.05, 3.63) is 24.2 Å². The molecule has 2 saturated heterocycles. The number of furan rings is 1. The predicted octanol–water partition coefficient (Wildman–Crippen LogP) is 2.02. The van der Waals surface area contributed by atoms with Crippen LogP contribution in [0.1, 0.15) is 36.2 Å². The number of nitrogens with zero attached hydrogens (tertiary/aromatic N) is 2. The molecule has 0 bridgehead atoms. The summed E-state index contributed by atoms with van der Waals surface area (Å²) in [5, 5.41) is 0. The van der Waals surface area contributed by atoms with Crippen LogP contribution in [-0.2, 0) is 0 Å². The number of hydrogen-bond donors (Lipinski definition) is 0. The van der Waals surface area contributed by atoms with Crippen molar-refractivity contribution in [3.63, 3.8) is 0 Å². The first-order valence-corrected chi connectivity index (χ1v) is 7.36. The van der Waals surface area contributed by atoms with Crippen molar-refractivity contribution in [3.8, 4) is 0 Å². The molecule has 2 aliphatic rings. The first-order valence-electron chi connectivity index (χ1n) is 7.36. The number of likely N-dealkylation sites (tertiary alicyclic amines) is 2. The van der Waals surface area contributed by atoms with Crippen LogP contribution in [0.25, 0.3) is 0 Å². The van der Waals surface area contributed by atoms with Gasteiger partial charge in [0.2, 0.25) is 5.78 Å². The third-order valence-corrected chi connectivity index (χ3v) is 4.32. The Labute approximate surface area is 114 Å². The summed E-state index contributed by atoms with van der Waals surface area (Å²) in [6.45, 7) is 5.05. The largest absolute Gasteiger partial charge is 0.461 e. The summed E-state index contributed by atoms with van der Waals surface area (Å²) < 4.78 is 5.16. The number of hydrogen-bond acceptors (Lipinski definition) is 4. The summed E-state index contributed by atoms with van der Waals surface area (Å²) >= 11 is 0. The maximum atomic E-state index is 12.0. The minimum Gasteiger partial charge on any atom is -0.461 e. The molecule has 1 unspecified atom stereocenters. The lowest BCUT2D eigenvalue weighted by molar-refractivity contribution is 0.0908. The Balaban J connectivity index is 1.50. The van der Waals surface area contributed by atoms with Gasteiger partial charge in [-0.05, 0) is 44.5 Å². The highest BCUT2D eigenvalue weighted by atomic mass is 16.3. The summed E-state index contributed by atoms with van der Waals surface area (Å²) in [7, 11) is 0. The molecular weight excluding hydrogens is 240 g/mol. The van der Waals surface area contributed by atoms with Gasteiger partial charge in [0.05, 0.1) is 12.8 Å². The minimum absolute atomic E-state index is 0.101. The first kappa shape index (κ1) is 12.9. The number of carbonyl (C=O) groups is 1. The van der Waals surface area contributed by atoms with Crippen LogP contribution in [0.4, 0.5) is 0 Å². The van der Waals surface area contributed by atoms with E-state index >= 15 is 0 Å². The second-order valence-electron chi connectivity index (χ2n) is 5.67. The number of carbonyl (C=O) groups excluding carboxylic acids is 1. The van der Waals surface area contributed by atoms with E-state index < -0.39 is 0 Å². The van der Waals surface area contributed by atoms with Crippen LogP contribution in [0.2, 0.25) is 0 Å². The van der Waals surface area contributed by atoms with E-state index in [1.807, 2.05) is 0 Å². The summed E-state index contributed by atoms with van der Waals surface area (Å²) in [6.07, 6.45) is 6.81. The molecule has 2 fully saturated rings. The molecule has 0 aromatic carbocycles. The van der Waals surface area contributed by atoms with Gasteiger partial charge >= 0.3 is 0 Å². The van der Waals surface area contributed by atoms with Gasteiger partial charge < -0.3 is 4.42 Å². The fraction of sp³-hybridized carbons (Fsp3) is 0.667. The maximum absolute atomic E-state index is 12.0. The van der Waals surface area contributed by atoms with Crippen LogP contribution in [-0.4, -0.2) is 54.3 Å². The molecule has 1 aromatic rings. The molecule has 3 rings (SSSR count). The SMILES string of the molecule is O=C(CN1CCC(N2CCCCC2)C1)c1ccco1. The zero-order valence-electron chi connectivity index (χ0n) is 11.4. The molecule has 0 amide bonds. The third-order valence-electron chi connectivity index (χ3n) is 4.32. The van der Waals surface area contributed by atoms with Gasteiger partial charge in [0.1, 0.15) is 0 Å². The van der Waals surface area contributed by atoms with Gasteiger partial charge in [-0.2, -0.15) is 0 Å². The minimum atomic E-state index is 0.101. The van der Waals surface area contributed by atoms with Crippen LogP contribution in [0.5, 0.6) is 0 Å². The molecule has 0 aliphatic carbocycles. The van der Waals surface area contributed by atoms with E-state index in [1.54, 1.807) is 18.4 Å². The van der Waals surface area contributed by atoms with E-state index in [0.717, 1.165) is 13.1 Å². The average molecular weight is 262 g/mol. The number of Topliss-reactive ketones (excluding diaryl/α,β-unsaturated/α-hetero) is 1. The van der Waals surface area contributed by atoms with Crippen LogP contribution in [0.15, 0.2) is 22.8 Å². The quantitative estimate of drug-likeness (QED) is 0.778. The Bertz CT molecular complexity index is 410. The highest BCUT2D eigenvalue weighted by molar-refractivity contribution is 5.95. The summed E-state index contributed by atoms with van der Waals surface area (Å²) in [5.41, 5.74) is 0. The monoisotopic (exact) mass is 262 g/mol. The van der Waals surface area contributed by atoms with Crippen LogP contribution in [0, 0.1) is 0 Å². The van der Waals surface area contributed by atoms with Gasteiger partial charge in [0.15, 0.2) is 5.76 Å². The molecule has 1 atom stereocenters. The topological polar surface area (TPSA) is 36.7 Å². The van der Waals surface area contributed by atoms with Crippen molar-refractivity contribution in [1.82, 2.24) is 9.80 Å². The van der Waals surface area contributed by atoms with E-state index in [-0.39, 0.29) is 5.78 Å². The Morgan fingerprint density at radius 3 is 2.84 bits per heavy atom. The molecule has 19 heavy (non-hydrogen) atoms. The van der Waals surface area contributed by atoms with Gasteiger partial charge in [-0.15, -0.1) is 0 Å². The lowest BCUT2D eigenvalue weighted by atomic mass is 10.1. The Morgan fingerprint density at radius 2 is 2.11 bits per heavy atom. The molecule has 0 spiro atoms. The molecule has 0 radical (unpaired) electrons. The second kappa shape index (κ2) is 5.88. The van der Waals surface area contributed by atoms with E-state index in [4.69, 9.17) is 4.42 Å². The zero-order chi connectivity index (χ0) is 13.1. The van der Waals surface area contributed by atoms with Crippen molar-refractivity contribution in [2.24, 2.45) is 0 Å². The molecule has 1 aromatic heterocycles. The predicted molar refractivity (Wildman–Crippen MR) is 73.3 cm³/mol. The second-order valence-corrected chi connectivity index (χ2v) is 5.67. The number of ketones is 1. The fourth-order valence-corrected chi connectivity index (χ4v) is 3.26. The van der Waals surface area contributed by atoms with Crippen molar-refractivity contribution in [2.75, 3.05) is 32.7 Å². The van der Waals surface area contributed by atoms with Crippen LogP contribution in [0.3, 0.4) is 0 Å². The first-order chi connectivity index (χ1) is 9.33. The molecule has 0 saturated carbocycles. The molecule has 104 valence electrons. The number of piperidine rings is 1. The molecule has 4 nitrogen and oxygen atoms in total. The lowest BCUT2D eigenvalue weighted by Crippen LogP contribution is -2.41. The summed E-state index contributed by atoms with van der Waals surface area (Å²) in [4.78, 5) is 16.9. The normalized spacial score (nSPS) is 25.8. The van der Waals surface area contributed by atoms with Gasteiger partial charge in [-0.1, -0.05) is 6.42 Å². The van der Waals surface area contributed by atoms with Crippen molar-refractivity contribution in [1.29, 1.82) is 0 Å². The van der Waals surface area contributed by atoms with Gasteiger partial charge in [-0.25, -0.2) is 0 Å². The third kappa shape index (κ3) is 3.07. The maximum Gasteiger partial charge on any atom is 0.211 e. The average Bonchev–Trinajstić information content (AvgIpc) is 3.11. The van der Waals surface area contributed by atoms with E-state index in [2.05, 4.69) is 9.80 Å². The smallest absolute Gasteiger partial charge is 0.211 e. The van der Waals surface area contributed by atoms with Crippen molar-refractivity contribution >= 4 is 5.78 Å². The fourth-order valence-electron chi connectivity index (χ4n) is 3.26. The standard InChI is InChI=1S/C15H22N2O2/c18-14(15-5-4-10-19-15)12-16-9-6-13(11-16)17-7-2-1-3-8-17/h4-5,10,13H,1-3,6-9,11-12H2. The molecule has 4 heteroatoms. The summed E-state index contributed by atoms with van der Waals surface area (Å²) in [5.74, 6) is 0.589. The highest BCUT2D eigenvalue weighted by Crippen LogP contribution is 2.20. The van der Waals surface area contributed by atoms with E-state index in [0.29, 0.717) is 18.3 Å². The molecule has 0 N–H and O–H groups in total. The van der Waals surface area contributed by atoms with Crippen LogP contribution >= 0.6 is 0 Å². The van der Waals surface area contributed by atoms with E-state index in [1.165, 1.54) is 38.8 Å². The van der Waals surface area contributed by atoms with E-state index in [9.17, 15) is 4.79 Å². The molecule has 3 heterocycles. The van der Waals surface area contributed by atoms with Crippen LogP contribution < -0.4 is 0 Å². The van der Waals surface area contributed by atoms with Gasteiger partial charge in [0.25, 0.3) is 0 Å². The Hall–Kier alpha value is -1.13. The zero-order valence-corrected chi connectivity index (χ0v) is 11.4. The Kier molecular flexibility index (Phi) is 3.99. The van der Waals surface area contributed by atoms with Crippen molar-refractivity contribution < 1.29 is 9.21 Å².